The normalized spacial score (nSPS) is 16.3. The van der Waals surface area contributed by atoms with Gasteiger partial charge in [-0.05, 0) is 43.7 Å². The molecule has 2 N–H and O–H groups in total. The molecule has 0 aromatic heterocycles. The Bertz CT molecular complexity index is 688. The van der Waals surface area contributed by atoms with Crippen LogP contribution in [0.15, 0.2) is 48.5 Å². The molecule has 0 radical (unpaired) electrons. The van der Waals surface area contributed by atoms with Crippen LogP contribution in [0.2, 0.25) is 5.02 Å². The van der Waals surface area contributed by atoms with Gasteiger partial charge in [0.15, 0.2) is 5.75 Å². The number of ether oxygens (including phenoxy) is 1. The van der Waals surface area contributed by atoms with Gasteiger partial charge in [0.2, 0.25) is 5.91 Å². The van der Waals surface area contributed by atoms with Gasteiger partial charge >= 0.3 is 0 Å². The summed E-state index contributed by atoms with van der Waals surface area (Å²) in [6.07, 6.45) is 2.65. The SMILES string of the molecule is Cl.O=C(CC1CCCN1)Nc1ccccc1Oc1ccccc1Cl. The van der Waals surface area contributed by atoms with Gasteiger partial charge in [0.25, 0.3) is 0 Å². The second-order valence-electron chi connectivity index (χ2n) is 5.57. The van der Waals surface area contributed by atoms with Crippen molar-refractivity contribution in [2.75, 3.05) is 11.9 Å². The first-order valence-corrected chi connectivity index (χ1v) is 8.15. The number of benzene rings is 2. The van der Waals surface area contributed by atoms with Crippen LogP contribution in [0, 0.1) is 0 Å². The van der Waals surface area contributed by atoms with Crippen molar-refractivity contribution >= 4 is 35.6 Å². The zero-order chi connectivity index (χ0) is 16.1. The number of rotatable bonds is 5. The highest BCUT2D eigenvalue weighted by Crippen LogP contribution is 2.33. The van der Waals surface area contributed by atoms with Crippen molar-refractivity contribution in [2.45, 2.75) is 25.3 Å². The van der Waals surface area contributed by atoms with Crippen molar-refractivity contribution in [3.63, 3.8) is 0 Å². The lowest BCUT2D eigenvalue weighted by molar-refractivity contribution is -0.116. The molecule has 1 amide bonds. The van der Waals surface area contributed by atoms with Crippen molar-refractivity contribution in [3.8, 4) is 11.5 Å². The summed E-state index contributed by atoms with van der Waals surface area (Å²) < 4.78 is 5.85. The Morgan fingerprint density at radius 1 is 1.17 bits per heavy atom. The Hall–Kier alpha value is -1.75. The molecule has 0 bridgehead atoms. The van der Waals surface area contributed by atoms with Crippen LogP contribution in [0.4, 0.5) is 5.69 Å². The smallest absolute Gasteiger partial charge is 0.226 e. The molecule has 1 unspecified atom stereocenters. The predicted molar refractivity (Wildman–Crippen MR) is 99.5 cm³/mol. The van der Waals surface area contributed by atoms with Gasteiger partial charge in [0.05, 0.1) is 10.7 Å². The van der Waals surface area contributed by atoms with Gasteiger partial charge in [-0.3, -0.25) is 4.79 Å². The minimum absolute atomic E-state index is 0. The molecular weight excluding hydrogens is 347 g/mol. The summed E-state index contributed by atoms with van der Waals surface area (Å²) in [6.45, 7) is 0.990. The van der Waals surface area contributed by atoms with Crippen LogP contribution in [-0.4, -0.2) is 18.5 Å². The van der Waals surface area contributed by atoms with Gasteiger partial charge in [-0.2, -0.15) is 0 Å². The summed E-state index contributed by atoms with van der Waals surface area (Å²) in [4.78, 5) is 12.2. The number of amides is 1. The largest absolute Gasteiger partial charge is 0.454 e. The molecule has 1 aliphatic heterocycles. The maximum atomic E-state index is 12.2. The summed E-state index contributed by atoms with van der Waals surface area (Å²) >= 11 is 6.12. The minimum atomic E-state index is -0.0143. The highest BCUT2D eigenvalue weighted by Gasteiger charge is 2.18. The number of para-hydroxylation sites is 3. The predicted octanol–water partition coefficient (Wildman–Crippen LogP) is 4.63. The average molecular weight is 367 g/mol. The van der Waals surface area contributed by atoms with Crippen molar-refractivity contribution in [1.29, 1.82) is 0 Å². The second kappa shape index (κ2) is 8.92. The van der Waals surface area contributed by atoms with Crippen LogP contribution in [0.5, 0.6) is 11.5 Å². The molecule has 0 saturated carbocycles. The van der Waals surface area contributed by atoms with Gasteiger partial charge in [0, 0.05) is 12.5 Å². The molecule has 0 spiro atoms. The molecule has 128 valence electrons. The Kier molecular flexibility index (Phi) is 6.91. The standard InChI is InChI=1S/C18H19ClN2O2.ClH/c19-14-7-1-3-9-16(14)23-17-10-4-2-8-15(17)21-18(22)12-13-6-5-11-20-13;/h1-4,7-10,13,20H,5-6,11-12H2,(H,21,22);1H. The summed E-state index contributed by atoms with van der Waals surface area (Å²) in [5.41, 5.74) is 0.649. The van der Waals surface area contributed by atoms with E-state index in [4.69, 9.17) is 16.3 Å². The van der Waals surface area contributed by atoms with E-state index in [0.29, 0.717) is 28.6 Å². The first kappa shape index (κ1) is 18.6. The van der Waals surface area contributed by atoms with E-state index in [1.54, 1.807) is 12.1 Å². The lowest BCUT2D eigenvalue weighted by atomic mass is 10.1. The van der Waals surface area contributed by atoms with E-state index < -0.39 is 0 Å². The van der Waals surface area contributed by atoms with Crippen molar-refractivity contribution < 1.29 is 9.53 Å². The van der Waals surface area contributed by atoms with E-state index in [2.05, 4.69) is 10.6 Å². The number of halogens is 2. The number of carbonyl (C=O) groups excluding carboxylic acids is 1. The van der Waals surface area contributed by atoms with Crippen LogP contribution >= 0.6 is 24.0 Å². The molecule has 2 aromatic rings. The Morgan fingerprint density at radius 3 is 2.58 bits per heavy atom. The lowest BCUT2D eigenvalue weighted by Gasteiger charge is -2.14. The van der Waals surface area contributed by atoms with E-state index in [-0.39, 0.29) is 24.4 Å². The molecule has 1 atom stereocenters. The lowest BCUT2D eigenvalue weighted by Crippen LogP contribution is -2.27. The van der Waals surface area contributed by atoms with E-state index in [1.807, 2.05) is 36.4 Å². The van der Waals surface area contributed by atoms with Crippen molar-refractivity contribution in [3.05, 3.63) is 53.6 Å². The molecule has 2 aromatic carbocycles. The van der Waals surface area contributed by atoms with E-state index >= 15 is 0 Å². The fraction of sp³-hybridized carbons (Fsp3) is 0.278. The van der Waals surface area contributed by atoms with Crippen molar-refractivity contribution in [2.24, 2.45) is 0 Å². The van der Waals surface area contributed by atoms with E-state index in [0.717, 1.165) is 19.4 Å². The molecule has 0 aliphatic carbocycles. The van der Waals surface area contributed by atoms with Gasteiger partial charge < -0.3 is 15.4 Å². The van der Waals surface area contributed by atoms with Crippen molar-refractivity contribution in [1.82, 2.24) is 5.32 Å². The zero-order valence-corrected chi connectivity index (χ0v) is 14.7. The summed E-state index contributed by atoms with van der Waals surface area (Å²) in [6, 6.07) is 14.9. The number of anilines is 1. The topological polar surface area (TPSA) is 50.4 Å². The van der Waals surface area contributed by atoms with Gasteiger partial charge in [-0.1, -0.05) is 35.9 Å². The third-order valence-electron chi connectivity index (χ3n) is 3.81. The first-order valence-electron chi connectivity index (χ1n) is 7.77. The highest BCUT2D eigenvalue weighted by atomic mass is 35.5. The number of carbonyl (C=O) groups is 1. The Morgan fingerprint density at radius 2 is 1.88 bits per heavy atom. The molecule has 4 nitrogen and oxygen atoms in total. The molecule has 1 fully saturated rings. The Balaban J connectivity index is 0.00000208. The van der Waals surface area contributed by atoms with Crippen LogP contribution < -0.4 is 15.4 Å². The third-order valence-corrected chi connectivity index (χ3v) is 4.12. The molecule has 1 saturated heterocycles. The van der Waals surface area contributed by atoms with E-state index in [9.17, 15) is 4.79 Å². The minimum Gasteiger partial charge on any atom is -0.454 e. The van der Waals surface area contributed by atoms with Gasteiger partial charge in [-0.25, -0.2) is 0 Å². The molecule has 1 aliphatic rings. The Labute approximate surface area is 153 Å². The van der Waals surface area contributed by atoms with Gasteiger partial charge in [0.1, 0.15) is 5.75 Å². The third kappa shape index (κ3) is 4.87. The second-order valence-corrected chi connectivity index (χ2v) is 5.98. The van der Waals surface area contributed by atoms with Gasteiger partial charge in [-0.15, -0.1) is 12.4 Å². The maximum absolute atomic E-state index is 12.2. The van der Waals surface area contributed by atoms with Crippen LogP contribution in [0.3, 0.4) is 0 Å². The number of hydrogen-bond acceptors (Lipinski definition) is 3. The average Bonchev–Trinajstić information content (AvgIpc) is 3.04. The van der Waals surface area contributed by atoms with E-state index in [1.165, 1.54) is 0 Å². The van der Waals surface area contributed by atoms with Crippen LogP contribution in [0.1, 0.15) is 19.3 Å². The number of hydrogen-bond donors (Lipinski definition) is 2. The molecule has 1 heterocycles. The monoisotopic (exact) mass is 366 g/mol. The van der Waals surface area contributed by atoms with Crippen LogP contribution in [0.25, 0.3) is 0 Å². The van der Waals surface area contributed by atoms with Crippen LogP contribution in [-0.2, 0) is 4.79 Å². The zero-order valence-electron chi connectivity index (χ0n) is 13.1. The molecular formula is C18H20Cl2N2O2. The maximum Gasteiger partial charge on any atom is 0.226 e. The molecule has 24 heavy (non-hydrogen) atoms. The molecule has 6 heteroatoms. The highest BCUT2D eigenvalue weighted by molar-refractivity contribution is 6.32. The quantitative estimate of drug-likeness (QED) is 0.810. The fourth-order valence-corrected chi connectivity index (χ4v) is 2.84. The molecule has 3 rings (SSSR count). The number of nitrogens with one attached hydrogen (secondary N) is 2. The first-order chi connectivity index (χ1) is 11.2. The fourth-order valence-electron chi connectivity index (χ4n) is 2.66. The summed E-state index contributed by atoms with van der Waals surface area (Å²) in [7, 11) is 0. The summed E-state index contributed by atoms with van der Waals surface area (Å²) in [5.74, 6) is 1.13. The summed E-state index contributed by atoms with van der Waals surface area (Å²) in [5, 5.41) is 6.79.